The highest BCUT2D eigenvalue weighted by atomic mass is 16.5. The van der Waals surface area contributed by atoms with Crippen molar-refractivity contribution in [1.29, 1.82) is 0 Å². The highest BCUT2D eigenvalue weighted by Crippen LogP contribution is 2.39. The topological polar surface area (TPSA) is 61.0 Å². The fourth-order valence-corrected chi connectivity index (χ4v) is 2.17. The Labute approximate surface area is 112 Å². The molecule has 0 atom stereocenters. The zero-order valence-corrected chi connectivity index (χ0v) is 11.0. The molecule has 2 N–H and O–H groups in total. The van der Waals surface area contributed by atoms with E-state index >= 15 is 0 Å². The second kappa shape index (κ2) is 4.97. The smallest absolute Gasteiger partial charge is 0.161 e. The van der Waals surface area contributed by atoms with Crippen LogP contribution in [0.25, 0.3) is 11.4 Å². The maximum Gasteiger partial charge on any atom is 0.161 e. The summed E-state index contributed by atoms with van der Waals surface area (Å²) in [4.78, 5) is 8.98. The fourth-order valence-electron chi connectivity index (χ4n) is 2.17. The number of nitrogen functional groups attached to an aromatic ring is 1. The van der Waals surface area contributed by atoms with Crippen molar-refractivity contribution in [2.24, 2.45) is 0 Å². The van der Waals surface area contributed by atoms with E-state index in [1.165, 1.54) is 12.8 Å². The number of rotatable bonds is 4. The van der Waals surface area contributed by atoms with Gasteiger partial charge in [0.1, 0.15) is 5.82 Å². The van der Waals surface area contributed by atoms with Crippen molar-refractivity contribution in [2.45, 2.75) is 25.4 Å². The second-order valence-corrected chi connectivity index (χ2v) is 4.95. The van der Waals surface area contributed by atoms with Gasteiger partial charge in [-0.25, -0.2) is 9.97 Å². The van der Waals surface area contributed by atoms with Crippen LogP contribution in [0, 0.1) is 0 Å². The van der Waals surface area contributed by atoms with Crippen LogP contribution in [0.2, 0.25) is 0 Å². The van der Waals surface area contributed by atoms with Crippen LogP contribution >= 0.6 is 0 Å². The summed E-state index contributed by atoms with van der Waals surface area (Å²) in [6.45, 7) is 0.589. The van der Waals surface area contributed by atoms with Gasteiger partial charge in [-0.15, -0.1) is 0 Å². The monoisotopic (exact) mass is 255 g/mol. The molecule has 0 spiro atoms. The van der Waals surface area contributed by atoms with Crippen molar-refractivity contribution in [3.8, 4) is 11.4 Å². The van der Waals surface area contributed by atoms with Crippen LogP contribution in [0.3, 0.4) is 0 Å². The molecule has 4 heteroatoms. The SMILES string of the molecule is COCc1cccc(-c2nc(N)cc(C3CC3)n2)c1. The van der Waals surface area contributed by atoms with Gasteiger partial charge in [-0.05, 0) is 24.5 Å². The molecule has 0 saturated heterocycles. The molecule has 1 heterocycles. The molecule has 0 radical (unpaired) electrons. The standard InChI is InChI=1S/C15H17N3O/c1-19-9-10-3-2-4-12(7-10)15-17-13(11-5-6-11)8-14(16)18-15/h2-4,7-8,11H,5-6,9H2,1H3,(H2,16,17,18). The van der Waals surface area contributed by atoms with E-state index in [0.717, 1.165) is 16.8 Å². The molecule has 98 valence electrons. The van der Waals surface area contributed by atoms with Crippen molar-refractivity contribution in [2.75, 3.05) is 12.8 Å². The number of ether oxygens (including phenoxy) is 1. The number of anilines is 1. The Morgan fingerprint density at radius 3 is 2.84 bits per heavy atom. The molecule has 1 aliphatic rings. The number of hydrogen-bond acceptors (Lipinski definition) is 4. The molecule has 0 bridgehead atoms. The van der Waals surface area contributed by atoms with Gasteiger partial charge in [0, 0.05) is 30.4 Å². The molecule has 1 fully saturated rings. The van der Waals surface area contributed by atoms with E-state index < -0.39 is 0 Å². The molecule has 1 saturated carbocycles. The van der Waals surface area contributed by atoms with Gasteiger partial charge in [-0.1, -0.05) is 18.2 Å². The molecule has 0 aliphatic heterocycles. The Hall–Kier alpha value is -1.94. The molecular weight excluding hydrogens is 238 g/mol. The molecule has 0 amide bonds. The van der Waals surface area contributed by atoms with Gasteiger partial charge in [0.15, 0.2) is 5.82 Å². The highest BCUT2D eigenvalue weighted by Gasteiger charge is 2.26. The Morgan fingerprint density at radius 2 is 2.11 bits per heavy atom. The predicted octanol–water partition coefficient (Wildman–Crippen LogP) is 2.75. The van der Waals surface area contributed by atoms with Crippen LogP contribution in [0.15, 0.2) is 30.3 Å². The van der Waals surface area contributed by atoms with Crippen LogP contribution < -0.4 is 5.73 Å². The maximum absolute atomic E-state index is 5.88. The summed E-state index contributed by atoms with van der Waals surface area (Å²) < 4.78 is 5.15. The third-order valence-electron chi connectivity index (χ3n) is 3.26. The second-order valence-electron chi connectivity index (χ2n) is 4.95. The Morgan fingerprint density at radius 1 is 1.26 bits per heavy atom. The zero-order chi connectivity index (χ0) is 13.2. The summed E-state index contributed by atoms with van der Waals surface area (Å²) in [6.07, 6.45) is 2.42. The number of aromatic nitrogens is 2. The third-order valence-corrected chi connectivity index (χ3v) is 3.26. The summed E-state index contributed by atoms with van der Waals surface area (Å²) in [5, 5.41) is 0. The van der Waals surface area contributed by atoms with Gasteiger partial charge in [-0.3, -0.25) is 0 Å². The summed E-state index contributed by atoms with van der Waals surface area (Å²) in [7, 11) is 1.69. The third kappa shape index (κ3) is 2.74. The first-order chi connectivity index (χ1) is 9.26. The van der Waals surface area contributed by atoms with Crippen LogP contribution in [0.1, 0.15) is 30.0 Å². The van der Waals surface area contributed by atoms with Crippen LogP contribution in [-0.4, -0.2) is 17.1 Å². The number of nitrogens with zero attached hydrogens (tertiary/aromatic N) is 2. The summed E-state index contributed by atoms with van der Waals surface area (Å²) in [5.74, 6) is 1.83. The first-order valence-corrected chi connectivity index (χ1v) is 6.49. The minimum absolute atomic E-state index is 0.545. The summed E-state index contributed by atoms with van der Waals surface area (Å²) >= 11 is 0. The summed E-state index contributed by atoms with van der Waals surface area (Å²) in [6, 6.07) is 9.97. The molecule has 19 heavy (non-hydrogen) atoms. The number of hydrogen-bond donors (Lipinski definition) is 1. The Balaban J connectivity index is 1.98. The molecule has 0 unspecified atom stereocenters. The summed E-state index contributed by atoms with van der Waals surface area (Å²) in [5.41, 5.74) is 9.05. The lowest BCUT2D eigenvalue weighted by Gasteiger charge is -2.07. The van der Waals surface area contributed by atoms with E-state index in [4.69, 9.17) is 10.5 Å². The first kappa shape index (κ1) is 12.1. The molecule has 4 nitrogen and oxygen atoms in total. The van der Waals surface area contributed by atoms with Crippen molar-refractivity contribution < 1.29 is 4.74 Å². The van der Waals surface area contributed by atoms with Crippen LogP contribution in [0.4, 0.5) is 5.82 Å². The normalized spacial score (nSPS) is 14.6. The average Bonchev–Trinajstić information content (AvgIpc) is 3.23. The minimum Gasteiger partial charge on any atom is -0.384 e. The Kier molecular flexibility index (Phi) is 3.17. The number of benzene rings is 1. The van der Waals surface area contributed by atoms with E-state index in [0.29, 0.717) is 24.2 Å². The van der Waals surface area contributed by atoms with Gasteiger partial charge in [0.25, 0.3) is 0 Å². The lowest BCUT2D eigenvalue weighted by molar-refractivity contribution is 0.185. The van der Waals surface area contributed by atoms with E-state index in [1.807, 2.05) is 24.3 Å². The predicted molar refractivity (Wildman–Crippen MR) is 74.6 cm³/mol. The molecular formula is C15H17N3O. The largest absolute Gasteiger partial charge is 0.384 e. The van der Waals surface area contributed by atoms with Crippen LogP contribution in [0.5, 0.6) is 0 Å². The van der Waals surface area contributed by atoms with Crippen LogP contribution in [-0.2, 0) is 11.3 Å². The molecule has 1 aromatic heterocycles. The fraction of sp³-hybridized carbons (Fsp3) is 0.333. The van der Waals surface area contributed by atoms with Gasteiger partial charge in [-0.2, -0.15) is 0 Å². The van der Waals surface area contributed by atoms with Crippen molar-refractivity contribution in [1.82, 2.24) is 9.97 Å². The molecule has 3 rings (SSSR count). The van der Waals surface area contributed by atoms with Gasteiger partial charge >= 0.3 is 0 Å². The van der Waals surface area contributed by atoms with Gasteiger partial charge < -0.3 is 10.5 Å². The van der Waals surface area contributed by atoms with Gasteiger partial charge in [0.05, 0.1) is 6.61 Å². The maximum atomic E-state index is 5.88. The average molecular weight is 255 g/mol. The van der Waals surface area contributed by atoms with E-state index in [9.17, 15) is 0 Å². The molecule has 2 aromatic rings. The lowest BCUT2D eigenvalue weighted by Crippen LogP contribution is -2.00. The van der Waals surface area contributed by atoms with Crippen molar-refractivity contribution in [3.05, 3.63) is 41.6 Å². The zero-order valence-electron chi connectivity index (χ0n) is 11.0. The van der Waals surface area contributed by atoms with E-state index in [1.54, 1.807) is 7.11 Å². The van der Waals surface area contributed by atoms with E-state index in [-0.39, 0.29) is 0 Å². The Bertz CT molecular complexity index is 594. The quantitative estimate of drug-likeness (QED) is 0.912. The van der Waals surface area contributed by atoms with Crippen molar-refractivity contribution in [3.63, 3.8) is 0 Å². The number of nitrogens with two attached hydrogens (primary N) is 1. The van der Waals surface area contributed by atoms with Crippen molar-refractivity contribution >= 4 is 5.82 Å². The molecule has 1 aromatic carbocycles. The number of methoxy groups -OCH3 is 1. The molecule has 1 aliphatic carbocycles. The lowest BCUT2D eigenvalue weighted by atomic mass is 10.1. The highest BCUT2D eigenvalue weighted by molar-refractivity contribution is 5.58. The minimum atomic E-state index is 0.545. The first-order valence-electron chi connectivity index (χ1n) is 6.49. The van der Waals surface area contributed by atoms with E-state index in [2.05, 4.69) is 16.0 Å². The van der Waals surface area contributed by atoms with Gasteiger partial charge in [0.2, 0.25) is 0 Å².